The van der Waals surface area contributed by atoms with E-state index in [1.807, 2.05) is 19.1 Å². The first-order chi connectivity index (χ1) is 11.1. The van der Waals surface area contributed by atoms with Crippen LogP contribution in [0.2, 0.25) is 0 Å². The number of para-hydroxylation sites is 1. The molecule has 0 radical (unpaired) electrons. The van der Waals surface area contributed by atoms with Gasteiger partial charge in [-0.25, -0.2) is 0 Å². The van der Waals surface area contributed by atoms with E-state index in [2.05, 4.69) is 0 Å². The molecule has 0 saturated carbocycles. The van der Waals surface area contributed by atoms with Crippen LogP contribution in [0.3, 0.4) is 0 Å². The number of esters is 1. The lowest BCUT2D eigenvalue weighted by atomic mass is 10.2. The minimum Gasteiger partial charge on any atom is -0.493 e. The lowest BCUT2D eigenvalue weighted by Crippen LogP contribution is -2.34. The quantitative estimate of drug-likeness (QED) is 0.588. The van der Waals surface area contributed by atoms with Crippen molar-refractivity contribution in [2.75, 3.05) is 19.8 Å². The van der Waals surface area contributed by atoms with Crippen LogP contribution in [0.15, 0.2) is 29.2 Å². The number of ether oxygens (including phenoxy) is 2. The molecule has 1 aliphatic heterocycles. The summed E-state index contributed by atoms with van der Waals surface area (Å²) in [6.45, 7) is 3.85. The van der Waals surface area contributed by atoms with Gasteiger partial charge in [0.05, 0.1) is 18.1 Å². The summed E-state index contributed by atoms with van der Waals surface area (Å²) in [6.07, 6.45) is 1.60. The second kappa shape index (κ2) is 7.82. The molecule has 0 atom stereocenters. The fourth-order valence-electron chi connectivity index (χ4n) is 2.00. The molecule has 1 aromatic carbocycles. The highest BCUT2D eigenvalue weighted by Crippen LogP contribution is 2.33. The summed E-state index contributed by atoms with van der Waals surface area (Å²) in [5.41, 5.74) is 0.705. The van der Waals surface area contributed by atoms with Crippen LogP contribution in [0.5, 0.6) is 5.75 Å². The first-order valence-electron chi connectivity index (χ1n) is 7.19. The average Bonchev–Trinajstić information content (AvgIpc) is 2.77. The van der Waals surface area contributed by atoms with Crippen molar-refractivity contribution in [2.24, 2.45) is 0 Å². The minimum absolute atomic E-state index is 0.201. The number of carbonyl (C=O) groups excluding carboxylic acids is 3. The maximum absolute atomic E-state index is 12.3. The fourth-order valence-corrected chi connectivity index (χ4v) is 2.83. The molecule has 0 N–H and O–H groups in total. The number of amides is 2. The summed E-state index contributed by atoms with van der Waals surface area (Å²) in [4.78, 5) is 36.8. The van der Waals surface area contributed by atoms with Gasteiger partial charge in [-0.1, -0.05) is 18.2 Å². The smallest absolute Gasteiger partial charge is 0.326 e. The third-order valence-electron chi connectivity index (χ3n) is 2.97. The van der Waals surface area contributed by atoms with Crippen molar-refractivity contribution < 1.29 is 23.9 Å². The molecule has 23 heavy (non-hydrogen) atoms. The molecule has 1 aliphatic rings. The van der Waals surface area contributed by atoms with Gasteiger partial charge in [0.25, 0.3) is 11.1 Å². The molecule has 7 heteroatoms. The largest absolute Gasteiger partial charge is 0.493 e. The maximum Gasteiger partial charge on any atom is 0.326 e. The first-order valence-corrected chi connectivity index (χ1v) is 8.01. The Labute approximate surface area is 138 Å². The molecule has 0 aliphatic carbocycles. The second-order valence-corrected chi connectivity index (χ2v) is 5.54. The molecule has 6 nitrogen and oxygen atoms in total. The van der Waals surface area contributed by atoms with E-state index in [4.69, 9.17) is 9.47 Å². The summed E-state index contributed by atoms with van der Waals surface area (Å²) in [5.74, 6) is -0.475. The van der Waals surface area contributed by atoms with Gasteiger partial charge in [-0.2, -0.15) is 0 Å². The topological polar surface area (TPSA) is 72.9 Å². The molecule has 0 bridgehead atoms. The number of benzene rings is 1. The van der Waals surface area contributed by atoms with Gasteiger partial charge in [0, 0.05) is 5.56 Å². The molecule has 122 valence electrons. The molecular weight excluding hydrogens is 318 g/mol. The van der Waals surface area contributed by atoms with Crippen molar-refractivity contribution in [1.82, 2.24) is 4.90 Å². The maximum atomic E-state index is 12.3. The number of rotatable bonds is 6. The van der Waals surface area contributed by atoms with Gasteiger partial charge in [0.15, 0.2) is 0 Å². The van der Waals surface area contributed by atoms with Crippen LogP contribution < -0.4 is 4.74 Å². The summed E-state index contributed by atoms with van der Waals surface area (Å²) in [6, 6.07) is 7.23. The zero-order valence-electron chi connectivity index (χ0n) is 12.9. The lowest BCUT2D eigenvalue weighted by molar-refractivity contribution is -0.145. The number of imide groups is 1. The summed E-state index contributed by atoms with van der Waals surface area (Å²) in [5, 5.41) is -0.483. The van der Waals surface area contributed by atoms with E-state index in [-0.39, 0.29) is 18.1 Å². The average molecular weight is 335 g/mol. The van der Waals surface area contributed by atoms with Crippen LogP contribution in [0, 0.1) is 0 Å². The van der Waals surface area contributed by atoms with Crippen molar-refractivity contribution in [3.8, 4) is 5.75 Å². The molecule has 2 rings (SSSR count). The van der Waals surface area contributed by atoms with E-state index < -0.39 is 17.1 Å². The Morgan fingerprint density at radius 2 is 1.96 bits per heavy atom. The monoisotopic (exact) mass is 335 g/mol. The minimum atomic E-state index is -0.606. The molecular formula is C16H17NO5S. The van der Waals surface area contributed by atoms with E-state index in [1.54, 1.807) is 25.1 Å². The Balaban J connectivity index is 2.20. The number of carbonyl (C=O) groups is 3. The Kier molecular flexibility index (Phi) is 5.81. The molecule has 1 aromatic rings. The highest BCUT2D eigenvalue weighted by atomic mass is 32.2. The van der Waals surface area contributed by atoms with Crippen LogP contribution in [-0.2, 0) is 14.3 Å². The third-order valence-corrected chi connectivity index (χ3v) is 3.88. The number of hydrogen-bond acceptors (Lipinski definition) is 6. The molecule has 1 fully saturated rings. The molecule has 2 amide bonds. The van der Waals surface area contributed by atoms with Crippen molar-refractivity contribution in [3.63, 3.8) is 0 Å². The number of thioether (sulfide) groups is 1. The van der Waals surface area contributed by atoms with Crippen molar-refractivity contribution in [2.45, 2.75) is 13.8 Å². The van der Waals surface area contributed by atoms with E-state index in [0.29, 0.717) is 17.9 Å². The first kappa shape index (κ1) is 17.1. The van der Waals surface area contributed by atoms with Crippen LogP contribution in [0.1, 0.15) is 19.4 Å². The molecule has 1 saturated heterocycles. The van der Waals surface area contributed by atoms with Crippen LogP contribution >= 0.6 is 11.8 Å². The number of hydrogen-bond donors (Lipinski definition) is 0. The van der Waals surface area contributed by atoms with Crippen molar-refractivity contribution >= 4 is 35.0 Å². The Morgan fingerprint density at radius 3 is 2.65 bits per heavy atom. The van der Waals surface area contributed by atoms with Gasteiger partial charge in [-0.05, 0) is 37.8 Å². The van der Waals surface area contributed by atoms with Gasteiger partial charge in [0.1, 0.15) is 12.3 Å². The van der Waals surface area contributed by atoms with Crippen molar-refractivity contribution in [1.29, 1.82) is 0 Å². The summed E-state index contributed by atoms with van der Waals surface area (Å²) in [7, 11) is 0. The second-order valence-electron chi connectivity index (χ2n) is 4.54. The molecule has 0 unspecified atom stereocenters. The SMILES string of the molecule is CCOC(=O)CN1C(=O)S/C(=C\c2ccccc2OCC)C1=O. The Morgan fingerprint density at radius 1 is 1.22 bits per heavy atom. The molecule has 1 heterocycles. The zero-order valence-corrected chi connectivity index (χ0v) is 13.7. The fraction of sp³-hybridized carbons (Fsp3) is 0.312. The lowest BCUT2D eigenvalue weighted by Gasteiger charge is -2.11. The summed E-state index contributed by atoms with van der Waals surface area (Å²) < 4.78 is 10.3. The van der Waals surface area contributed by atoms with Crippen molar-refractivity contribution in [3.05, 3.63) is 34.7 Å². The Hall–Kier alpha value is -2.28. The normalized spacial score (nSPS) is 16.1. The van der Waals surface area contributed by atoms with Crippen LogP contribution in [-0.4, -0.2) is 41.8 Å². The predicted molar refractivity (Wildman–Crippen MR) is 86.9 cm³/mol. The highest BCUT2D eigenvalue weighted by molar-refractivity contribution is 8.18. The van der Waals surface area contributed by atoms with Gasteiger partial charge in [-0.15, -0.1) is 0 Å². The van der Waals surface area contributed by atoms with E-state index >= 15 is 0 Å². The van der Waals surface area contributed by atoms with E-state index in [1.165, 1.54) is 0 Å². The highest BCUT2D eigenvalue weighted by Gasteiger charge is 2.36. The van der Waals surface area contributed by atoms with E-state index in [0.717, 1.165) is 16.7 Å². The molecule has 0 spiro atoms. The van der Waals surface area contributed by atoms with Crippen LogP contribution in [0.4, 0.5) is 4.79 Å². The van der Waals surface area contributed by atoms with Gasteiger partial charge >= 0.3 is 5.97 Å². The predicted octanol–water partition coefficient (Wildman–Crippen LogP) is 2.68. The van der Waals surface area contributed by atoms with Gasteiger partial charge in [0.2, 0.25) is 0 Å². The molecule has 0 aromatic heterocycles. The Bertz CT molecular complexity index is 656. The van der Waals surface area contributed by atoms with E-state index in [9.17, 15) is 14.4 Å². The zero-order chi connectivity index (χ0) is 16.8. The third kappa shape index (κ3) is 4.13. The standard InChI is InChI=1S/C16H17NO5S/c1-3-21-12-8-6-5-7-11(12)9-13-15(19)17(16(20)23-13)10-14(18)22-4-2/h5-9H,3-4,10H2,1-2H3/b13-9-. The van der Waals surface area contributed by atoms with Crippen LogP contribution in [0.25, 0.3) is 6.08 Å². The van der Waals surface area contributed by atoms with Gasteiger partial charge in [-0.3, -0.25) is 19.3 Å². The van der Waals surface area contributed by atoms with Gasteiger partial charge < -0.3 is 9.47 Å². The number of nitrogens with zero attached hydrogens (tertiary/aromatic N) is 1. The summed E-state index contributed by atoms with van der Waals surface area (Å²) >= 11 is 0.799.